The van der Waals surface area contributed by atoms with E-state index in [0.29, 0.717) is 11.5 Å². The van der Waals surface area contributed by atoms with Gasteiger partial charge in [0, 0.05) is 37.8 Å². The maximum atomic E-state index is 13.3. The van der Waals surface area contributed by atoms with Crippen LogP contribution >= 0.6 is 0 Å². The second-order valence-electron chi connectivity index (χ2n) is 6.22. The predicted molar refractivity (Wildman–Crippen MR) is 93.6 cm³/mol. The van der Waals surface area contributed by atoms with Crippen LogP contribution in [0.25, 0.3) is 0 Å². The van der Waals surface area contributed by atoms with E-state index < -0.39 is 15.8 Å². The topological polar surface area (TPSA) is 76.2 Å². The summed E-state index contributed by atoms with van der Waals surface area (Å²) in [6.45, 7) is 0.869. The first kappa shape index (κ1) is 17.7. The molecule has 2 heterocycles. The van der Waals surface area contributed by atoms with Gasteiger partial charge >= 0.3 is 0 Å². The summed E-state index contributed by atoms with van der Waals surface area (Å²) >= 11 is 0. The van der Waals surface area contributed by atoms with Crippen LogP contribution in [0.1, 0.15) is 10.4 Å². The zero-order valence-electron chi connectivity index (χ0n) is 14.3. The van der Waals surface area contributed by atoms with Crippen LogP contribution in [0.4, 0.5) is 4.39 Å². The molecule has 2 aliphatic heterocycles. The first-order valence-corrected chi connectivity index (χ1v) is 9.84. The van der Waals surface area contributed by atoms with Gasteiger partial charge in [0.25, 0.3) is 5.91 Å². The van der Waals surface area contributed by atoms with Crippen molar-refractivity contribution >= 4 is 15.9 Å². The molecule has 27 heavy (non-hydrogen) atoms. The molecule has 1 saturated heterocycles. The largest absolute Gasteiger partial charge is 0.454 e. The number of rotatable bonds is 3. The van der Waals surface area contributed by atoms with Crippen LogP contribution in [0.2, 0.25) is 0 Å². The highest BCUT2D eigenvalue weighted by Gasteiger charge is 2.31. The van der Waals surface area contributed by atoms with E-state index in [1.54, 1.807) is 12.1 Å². The van der Waals surface area contributed by atoms with Crippen molar-refractivity contribution in [2.75, 3.05) is 33.0 Å². The first-order chi connectivity index (χ1) is 12.9. The number of carbonyl (C=O) groups excluding carboxylic acids is 1. The van der Waals surface area contributed by atoms with Gasteiger partial charge in [-0.1, -0.05) is 6.07 Å². The lowest BCUT2D eigenvalue weighted by Crippen LogP contribution is -2.50. The van der Waals surface area contributed by atoms with E-state index in [-0.39, 0.29) is 49.3 Å². The van der Waals surface area contributed by atoms with Crippen molar-refractivity contribution < 1.29 is 27.1 Å². The summed E-state index contributed by atoms with van der Waals surface area (Å²) in [6.07, 6.45) is 0. The van der Waals surface area contributed by atoms with Gasteiger partial charge in [-0.05, 0) is 30.3 Å². The summed E-state index contributed by atoms with van der Waals surface area (Å²) in [5, 5.41) is 0. The quantitative estimate of drug-likeness (QED) is 0.795. The molecule has 0 spiro atoms. The number of hydrogen-bond donors (Lipinski definition) is 0. The highest BCUT2D eigenvalue weighted by atomic mass is 32.2. The molecule has 2 aromatic carbocycles. The third-order valence-corrected chi connectivity index (χ3v) is 6.47. The lowest BCUT2D eigenvalue weighted by atomic mass is 10.2. The molecule has 2 aromatic rings. The van der Waals surface area contributed by atoms with Crippen LogP contribution in [0.15, 0.2) is 47.4 Å². The minimum absolute atomic E-state index is 0.0691. The highest BCUT2D eigenvalue weighted by Crippen LogP contribution is 2.34. The number of benzene rings is 2. The lowest BCUT2D eigenvalue weighted by Gasteiger charge is -2.34. The van der Waals surface area contributed by atoms with Gasteiger partial charge in [0.2, 0.25) is 16.8 Å². The number of fused-ring (bicyclic) bond motifs is 1. The molecule has 1 fully saturated rings. The fourth-order valence-corrected chi connectivity index (χ4v) is 4.56. The van der Waals surface area contributed by atoms with Crippen LogP contribution < -0.4 is 9.47 Å². The summed E-state index contributed by atoms with van der Waals surface area (Å²) < 4.78 is 50.8. The Morgan fingerprint density at radius 1 is 0.963 bits per heavy atom. The van der Waals surface area contributed by atoms with Gasteiger partial charge in [0.15, 0.2) is 11.5 Å². The number of amides is 1. The molecular formula is C18H17FN2O5S. The average molecular weight is 392 g/mol. The number of sulfonamides is 1. The van der Waals surface area contributed by atoms with Crippen molar-refractivity contribution in [1.82, 2.24) is 9.21 Å². The summed E-state index contributed by atoms with van der Waals surface area (Å²) in [5.74, 6) is 0.120. The number of hydrogen-bond acceptors (Lipinski definition) is 5. The fraction of sp³-hybridized carbons (Fsp3) is 0.278. The molecule has 4 rings (SSSR count). The fourth-order valence-electron chi connectivity index (χ4n) is 3.12. The van der Waals surface area contributed by atoms with E-state index in [1.807, 2.05) is 0 Å². The van der Waals surface area contributed by atoms with Gasteiger partial charge in [-0.3, -0.25) is 4.79 Å². The van der Waals surface area contributed by atoms with Crippen LogP contribution in [-0.4, -0.2) is 56.5 Å². The molecule has 0 aliphatic carbocycles. The summed E-state index contributed by atoms with van der Waals surface area (Å²) in [6, 6.07) is 9.96. The van der Waals surface area contributed by atoms with Gasteiger partial charge in [-0.15, -0.1) is 0 Å². The van der Waals surface area contributed by atoms with Gasteiger partial charge < -0.3 is 14.4 Å². The number of halogens is 1. The smallest absolute Gasteiger partial charge is 0.254 e. The molecule has 7 nitrogen and oxygen atoms in total. The molecule has 0 radical (unpaired) electrons. The first-order valence-electron chi connectivity index (χ1n) is 8.40. The van der Waals surface area contributed by atoms with Crippen molar-refractivity contribution in [2.24, 2.45) is 0 Å². The summed E-state index contributed by atoms with van der Waals surface area (Å²) in [5.41, 5.74) is 0.252. The Hall–Kier alpha value is -2.65. The maximum Gasteiger partial charge on any atom is 0.254 e. The second kappa shape index (κ2) is 6.82. The summed E-state index contributed by atoms with van der Waals surface area (Å²) in [4.78, 5) is 14.1. The molecule has 0 unspecified atom stereocenters. The Morgan fingerprint density at radius 2 is 1.70 bits per heavy atom. The Labute approximate surface area is 156 Å². The molecule has 9 heteroatoms. The van der Waals surface area contributed by atoms with Crippen molar-refractivity contribution in [2.45, 2.75) is 4.90 Å². The Balaban J connectivity index is 1.46. The van der Waals surface area contributed by atoms with Crippen molar-refractivity contribution in [3.63, 3.8) is 0 Å². The number of nitrogens with zero attached hydrogens (tertiary/aromatic N) is 2. The monoisotopic (exact) mass is 392 g/mol. The molecule has 1 amide bonds. The second-order valence-corrected chi connectivity index (χ2v) is 8.16. The molecule has 0 atom stereocenters. The van der Waals surface area contributed by atoms with Crippen molar-refractivity contribution in [3.8, 4) is 11.5 Å². The standard InChI is InChI=1S/C18H17FN2O5S/c19-14-3-1-2-13(10-14)18(22)20-6-8-21(9-7-20)27(23,24)15-4-5-16-17(11-15)26-12-25-16/h1-5,10-11H,6-9,12H2. The van der Waals surface area contributed by atoms with Crippen LogP contribution in [0.5, 0.6) is 11.5 Å². The molecule has 0 bridgehead atoms. The van der Waals surface area contributed by atoms with Gasteiger partial charge in [-0.2, -0.15) is 4.31 Å². The molecule has 142 valence electrons. The maximum absolute atomic E-state index is 13.3. The Morgan fingerprint density at radius 3 is 2.44 bits per heavy atom. The van der Waals surface area contributed by atoms with E-state index in [4.69, 9.17) is 9.47 Å². The van der Waals surface area contributed by atoms with Crippen molar-refractivity contribution in [3.05, 3.63) is 53.8 Å². The van der Waals surface area contributed by atoms with E-state index in [1.165, 1.54) is 39.5 Å². The minimum atomic E-state index is -3.70. The van der Waals surface area contributed by atoms with Gasteiger partial charge in [0.05, 0.1) is 4.90 Å². The molecular weight excluding hydrogens is 375 g/mol. The Kier molecular flexibility index (Phi) is 4.48. The number of ether oxygens (including phenoxy) is 2. The number of piperazine rings is 1. The average Bonchev–Trinajstić information content (AvgIpc) is 3.15. The molecule has 0 saturated carbocycles. The molecule has 0 aromatic heterocycles. The highest BCUT2D eigenvalue weighted by molar-refractivity contribution is 7.89. The van der Waals surface area contributed by atoms with E-state index >= 15 is 0 Å². The van der Waals surface area contributed by atoms with E-state index in [2.05, 4.69) is 0 Å². The number of carbonyl (C=O) groups is 1. The zero-order chi connectivity index (χ0) is 19.0. The van der Waals surface area contributed by atoms with Crippen LogP contribution in [-0.2, 0) is 10.0 Å². The zero-order valence-corrected chi connectivity index (χ0v) is 15.1. The normalized spacial score (nSPS) is 17.1. The molecule has 0 N–H and O–H groups in total. The summed E-state index contributed by atoms with van der Waals surface area (Å²) in [7, 11) is -3.70. The van der Waals surface area contributed by atoms with Crippen molar-refractivity contribution in [1.29, 1.82) is 0 Å². The minimum Gasteiger partial charge on any atom is -0.454 e. The lowest BCUT2D eigenvalue weighted by molar-refractivity contribution is 0.0697. The van der Waals surface area contributed by atoms with Gasteiger partial charge in [0.1, 0.15) is 5.82 Å². The third-order valence-electron chi connectivity index (χ3n) is 4.58. The third kappa shape index (κ3) is 3.35. The van der Waals surface area contributed by atoms with E-state index in [9.17, 15) is 17.6 Å². The van der Waals surface area contributed by atoms with Crippen LogP contribution in [0.3, 0.4) is 0 Å². The molecule has 2 aliphatic rings. The SMILES string of the molecule is O=C(c1cccc(F)c1)N1CCN(S(=O)(=O)c2ccc3c(c2)OCO3)CC1. The van der Waals surface area contributed by atoms with Gasteiger partial charge in [-0.25, -0.2) is 12.8 Å². The predicted octanol–water partition coefficient (Wildman–Crippen LogP) is 1.70. The van der Waals surface area contributed by atoms with E-state index in [0.717, 1.165) is 0 Å². The van der Waals surface area contributed by atoms with Crippen LogP contribution in [0, 0.1) is 5.82 Å². The Bertz CT molecular complexity index is 987.